The van der Waals surface area contributed by atoms with E-state index in [1.807, 2.05) is 0 Å². The Balaban J connectivity index is 1.29. The van der Waals surface area contributed by atoms with Crippen molar-refractivity contribution in [2.75, 3.05) is 0 Å². The van der Waals surface area contributed by atoms with Crippen molar-refractivity contribution in [2.45, 2.75) is 93.9 Å². The topological polar surface area (TPSA) is 9.86 Å². The van der Waals surface area contributed by atoms with E-state index in [0.29, 0.717) is 0 Å². The maximum Gasteiger partial charge on any atom is 0.333 e. The number of nitrogens with zero attached hydrogens (tertiary/aromatic N) is 2. The van der Waals surface area contributed by atoms with Crippen LogP contribution >= 0.6 is 0 Å². The average molecular weight is 841 g/mol. The quantitative estimate of drug-likeness (QED) is 0.157. The minimum absolute atomic E-state index is 0.0122. The molecule has 8 aromatic carbocycles. The van der Waals surface area contributed by atoms with Gasteiger partial charge in [-0.3, -0.25) is 0 Å². The molecule has 0 bridgehead atoms. The molecule has 4 heterocycles. The summed E-state index contributed by atoms with van der Waals surface area (Å²) < 4.78 is 5.41. The third-order valence-electron chi connectivity index (χ3n) is 15.1. The molecule has 65 heavy (non-hydrogen) atoms. The highest BCUT2D eigenvalue weighted by molar-refractivity contribution is 6.90. The molecular formula is C62H57BN2. The Hall–Kier alpha value is -6.58. The Morgan fingerprint density at radius 1 is 0.385 bits per heavy atom. The summed E-state index contributed by atoms with van der Waals surface area (Å²) in [6.07, 6.45) is 0. The lowest BCUT2D eigenvalue weighted by Gasteiger charge is -2.35. The van der Waals surface area contributed by atoms with E-state index in [0.717, 1.165) is 0 Å². The van der Waals surface area contributed by atoms with E-state index in [2.05, 4.69) is 220 Å². The highest BCUT2D eigenvalue weighted by Gasteiger charge is 2.43. The van der Waals surface area contributed by atoms with Crippen LogP contribution in [0.5, 0.6) is 0 Å². The number of aromatic nitrogens is 2. The van der Waals surface area contributed by atoms with Crippen LogP contribution in [-0.2, 0) is 10.8 Å². The molecule has 0 unspecified atom stereocenters. The van der Waals surface area contributed by atoms with Crippen LogP contribution in [0.1, 0.15) is 86.1 Å². The van der Waals surface area contributed by atoms with Crippen LogP contribution in [0, 0.1) is 41.5 Å². The van der Waals surface area contributed by atoms with Gasteiger partial charge in [0.15, 0.2) is 0 Å². The zero-order valence-corrected chi connectivity index (χ0v) is 40.1. The molecular weight excluding hydrogens is 784 g/mol. The van der Waals surface area contributed by atoms with E-state index in [4.69, 9.17) is 0 Å². The molecule has 0 saturated heterocycles. The second-order valence-corrected chi connectivity index (χ2v) is 21.9. The van der Waals surface area contributed by atoms with Gasteiger partial charge in [-0.05, 0) is 185 Å². The first-order valence-electron chi connectivity index (χ1n) is 23.6. The van der Waals surface area contributed by atoms with Crippen LogP contribution in [0.15, 0.2) is 127 Å². The zero-order chi connectivity index (χ0) is 45.2. The Morgan fingerprint density at radius 3 is 1.51 bits per heavy atom. The summed E-state index contributed by atoms with van der Waals surface area (Å²) in [6.45, 7) is 27.5. The van der Waals surface area contributed by atoms with Gasteiger partial charge < -0.3 is 9.05 Å². The molecule has 0 N–H and O–H groups in total. The second-order valence-electron chi connectivity index (χ2n) is 21.9. The van der Waals surface area contributed by atoms with Gasteiger partial charge in [0.05, 0.1) is 11.0 Å². The summed E-state index contributed by atoms with van der Waals surface area (Å²) in [7, 11) is 0. The third kappa shape index (κ3) is 5.80. The van der Waals surface area contributed by atoms with Crippen molar-refractivity contribution >= 4 is 61.4 Å². The molecule has 0 atom stereocenters. The van der Waals surface area contributed by atoms with Gasteiger partial charge in [0.1, 0.15) is 0 Å². The van der Waals surface area contributed by atoms with Crippen LogP contribution < -0.4 is 10.9 Å². The van der Waals surface area contributed by atoms with Crippen LogP contribution in [0.2, 0.25) is 0 Å². The number of rotatable bonds is 3. The van der Waals surface area contributed by atoms with Crippen molar-refractivity contribution in [3.63, 3.8) is 0 Å². The van der Waals surface area contributed by atoms with Crippen molar-refractivity contribution in [2.24, 2.45) is 0 Å². The maximum atomic E-state index is 2.75. The van der Waals surface area contributed by atoms with Crippen LogP contribution in [0.3, 0.4) is 0 Å². The van der Waals surface area contributed by atoms with Crippen molar-refractivity contribution in [1.82, 2.24) is 9.05 Å². The lowest BCUT2D eigenvalue weighted by molar-refractivity contribution is 0.590. The monoisotopic (exact) mass is 840 g/mol. The Morgan fingerprint density at radius 2 is 0.908 bits per heavy atom. The molecule has 0 amide bonds. The summed E-state index contributed by atoms with van der Waals surface area (Å²) in [5, 5.41) is 5.29. The summed E-state index contributed by atoms with van der Waals surface area (Å²) >= 11 is 0. The minimum Gasteiger partial charge on any atom is -0.375 e. The molecule has 0 fully saturated rings. The van der Waals surface area contributed by atoms with Gasteiger partial charge >= 0.3 is 6.85 Å². The molecule has 0 saturated carbocycles. The van der Waals surface area contributed by atoms with Crippen molar-refractivity contribution in [3.8, 4) is 50.2 Å². The number of fused-ring (bicyclic) bond motifs is 10. The molecule has 2 aromatic heterocycles. The highest BCUT2D eigenvalue weighted by atomic mass is 15.0. The molecule has 2 aliphatic rings. The fourth-order valence-electron chi connectivity index (χ4n) is 11.8. The fraction of sp³-hybridized carbons (Fsp3) is 0.226. The number of hydrogen-bond donors (Lipinski definition) is 0. The molecule has 10 aromatic rings. The first-order chi connectivity index (χ1) is 30.9. The van der Waals surface area contributed by atoms with Crippen LogP contribution in [0.25, 0.3) is 93.8 Å². The molecule has 318 valence electrons. The van der Waals surface area contributed by atoms with E-state index in [9.17, 15) is 0 Å². The predicted molar refractivity (Wildman–Crippen MR) is 282 cm³/mol. The average Bonchev–Trinajstić information content (AvgIpc) is 3.75. The fourth-order valence-corrected chi connectivity index (χ4v) is 11.8. The summed E-state index contributed by atoms with van der Waals surface area (Å²) in [5.74, 6) is 0. The standard InChI is InChI=1S/C62H57BN2/c1-34-13-18-45(37(4)23-34)40-16-21-55-48(26-40)51-28-41(46-19-14-35(2)24-38(46)5)29-54-60(51)64(55)57-30-42(47-20-15-36(3)25-39(47)6)27-50-53-33-44(62(10,11)12)32-52-49-31-43(61(7,8)9)17-22-56(49)65(59(52)53)63(54)58(50)57/h13-33H,1-12H3. The van der Waals surface area contributed by atoms with Crippen molar-refractivity contribution in [3.05, 3.63) is 172 Å². The maximum absolute atomic E-state index is 2.75. The molecule has 0 radical (unpaired) electrons. The van der Waals surface area contributed by atoms with Crippen molar-refractivity contribution < 1.29 is 0 Å². The second kappa shape index (κ2) is 13.5. The number of aryl methyl sites for hydroxylation is 6. The first-order valence-corrected chi connectivity index (χ1v) is 23.6. The SMILES string of the molecule is Cc1ccc(-c2cc3c4c(c2)-n2c5ccc(-c6ccc(C)cc6C)cc5c5cc(-c6ccc(C)cc6C)cc(c52)B4n2c4ccc(C(C)(C)C)cc4c4cc(C(C)(C)C)cc-3c42)c(C)c1. The minimum atomic E-state index is -0.0505. The lowest BCUT2D eigenvalue weighted by atomic mass is 9.45. The van der Waals surface area contributed by atoms with E-state index in [1.165, 1.54) is 149 Å². The number of hydrogen-bond acceptors (Lipinski definition) is 0. The molecule has 3 heteroatoms. The molecule has 2 nitrogen and oxygen atoms in total. The Kier molecular flexibility index (Phi) is 8.29. The normalized spacial score (nSPS) is 13.2. The van der Waals surface area contributed by atoms with Crippen LogP contribution in [0.4, 0.5) is 0 Å². The lowest BCUT2D eigenvalue weighted by Crippen LogP contribution is -2.55. The smallest absolute Gasteiger partial charge is 0.333 e. The summed E-state index contributed by atoms with van der Waals surface area (Å²) in [5.41, 5.74) is 30.0. The van der Waals surface area contributed by atoms with Gasteiger partial charge in [0.2, 0.25) is 0 Å². The van der Waals surface area contributed by atoms with E-state index in [-0.39, 0.29) is 17.7 Å². The first kappa shape index (κ1) is 40.0. The van der Waals surface area contributed by atoms with Gasteiger partial charge in [-0.1, -0.05) is 131 Å². The van der Waals surface area contributed by atoms with E-state index in [1.54, 1.807) is 0 Å². The largest absolute Gasteiger partial charge is 0.375 e. The van der Waals surface area contributed by atoms with Gasteiger partial charge in [0, 0.05) is 43.8 Å². The predicted octanol–water partition coefficient (Wildman–Crippen LogP) is 15.3. The summed E-state index contributed by atoms with van der Waals surface area (Å²) in [4.78, 5) is 0. The van der Waals surface area contributed by atoms with Gasteiger partial charge in [-0.15, -0.1) is 0 Å². The van der Waals surface area contributed by atoms with Gasteiger partial charge in [-0.2, -0.15) is 0 Å². The Bertz CT molecular complexity index is 3740. The number of benzene rings is 8. The van der Waals surface area contributed by atoms with Crippen LogP contribution in [-0.4, -0.2) is 15.9 Å². The molecule has 0 aliphatic carbocycles. The molecule has 12 rings (SSSR count). The zero-order valence-electron chi connectivity index (χ0n) is 40.1. The van der Waals surface area contributed by atoms with E-state index >= 15 is 0 Å². The van der Waals surface area contributed by atoms with Gasteiger partial charge in [-0.25, -0.2) is 0 Å². The molecule has 0 spiro atoms. The summed E-state index contributed by atoms with van der Waals surface area (Å²) in [6, 6.07) is 50.6. The molecule has 2 aliphatic heterocycles. The van der Waals surface area contributed by atoms with E-state index < -0.39 is 0 Å². The Labute approximate surface area is 384 Å². The van der Waals surface area contributed by atoms with Gasteiger partial charge in [0.25, 0.3) is 0 Å². The van der Waals surface area contributed by atoms with Crippen molar-refractivity contribution in [1.29, 1.82) is 0 Å². The highest BCUT2D eigenvalue weighted by Crippen LogP contribution is 2.48. The third-order valence-corrected chi connectivity index (χ3v) is 15.1.